The van der Waals surface area contributed by atoms with E-state index in [4.69, 9.17) is 0 Å². The van der Waals surface area contributed by atoms with Gasteiger partial charge in [0.15, 0.2) is 0 Å². The van der Waals surface area contributed by atoms with E-state index in [1.54, 1.807) is 6.92 Å². The second kappa shape index (κ2) is 9.04. The zero-order valence-electron chi connectivity index (χ0n) is 15.1. The minimum Gasteiger partial charge on any atom is -0.392 e. The number of hydrogen-bond acceptors (Lipinski definition) is 4. The number of hydrogen-bond donors (Lipinski definition) is 2. The first-order valence-electron chi connectivity index (χ1n) is 8.94. The van der Waals surface area contributed by atoms with E-state index in [-0.39, 0.29) is 11.9 Å². The predicted octanol–water partition coefficient (Wildman–Crippen LogP) is 1.72. The van der Waals surface area contributed by atoms with Gasteiger partial charge in [-0.05, 0) is 45.2 Å². The lowest BCUT2D eigenvalue weighted by atomic mass is 10.1. The molecule has 1 aliphatic rings. The zero-order valence-corrected chi connectivity index (χ0v) is 15.1. The van der Waals surface area contributed by atoms with Gasteiger partial charge in [-0.3, -0.25) is 9.69 Å². The SMILES string of the molecule is CC(O)CN(CC(=O)NCC1CCN(c2ccccc2)C1)C(C)C. The van der Waals surface area contributed by atoms with Gasteiger partial charge < -0.3 is 15.3 Å². The van der Waals surface area contributed by atoms with E-state index in [0.717, 1.165) is 26.1 Å². The Morgan fingerprint density at radius 1 is 1.33 bits per heavy atom. The maximum Gasteiger partial charge on any atom is 0.234 e. The highest BCUT2D eigenvalue weighted by atomic mass is 16.3. The molecule has 1 aromatic carbocycles. The van der Waals surface area contributed by atoms with Crippen LogP contribution in [0.1, 0.15) is 27.2 Å². The van der Waals surface area contributed by atoms with Gasteiger partial charge in [0.25, 0.3) is 0 Å². The number of anilines is 1. The second-order valence-electron chi connectivity index (χ2n) is 7.11. The van der Waals surface area contributed by atoms with Crippen molar-refractivity contribution in [3.8, 4) is 0 Å². The molecule has 1 aromatic rings. The third-order valence-corrected chi connectivity index (χ3v) is 4.57. The summed E-state index contributed by atoms with van der Waals surface area (Å²) in [5, 5.41) is 12.6. The van der Waals surface area contributed by atoms with E-state index >= 15 is 0 Å². The molecule has 1 aliphatic heterocycles. The van der Waals surface area contributed by atoms with Crippen LogP contribution in [0.2, 0.25) is 0 Å². The molecule has 0 aromatic heterocycles. The van der Waals surface area contributed by atoms with E-state index in [2.05, 4.69) is 34.5 Å². The van der Waals surface area contributed by atoms with Crippen LogP contribution in [0.25, 0.3) is 0 Å². The van der Waals surface area contributed by atoms with Crippen LogP contribution in [0.4, 0.5) is 5.69 Å². The molecule has 0 saturated carbocycles. The first-order chi connectivity index (χ1) is 11.5. The van der Waals surface area contributed by atoms with Crippen molar-refractivity contribution >= 4 is 11.6 Å². The van der Waals surface area contributed by atoms with E-state index in [1.165, 1.54) is 5.69 Å². The average molecular weight is 333 g/mol. The number of aliphatic hydroxyl groups is 1. The molecule has 1 fully saturated rings. The van der Waals surface area contributed by atoms with Crippen LogP contribution in [0.3, 0.4) is 0 Å². The van der Waals surface area contributed by atoms with Crippen molar-refractivity contribution in [1.82, 2.24) is 10.2 Å². The van der Waals surface area contributed by atoms with Crippen LogP contribution in [-0.2, 0) is 4.79 Å². The third-order valence-electron chi connectivity index (χ3n) is 4.57. The van der Waals surface area contributed by atoms with Crippen molar-refractivity contribution in [2.45, 2.75) is 39.3 Å². The van der Waals surface area contributed by atoms with Crippen molar-refractivity contribution in [1.29, 1.82) is 0 Å². The van der Waals surface area contributed by atoms with Gasteiger partial charge in [-0.15, -0.1) is 0 Å². The van der Waals surface area contributed by atoms with Gasteiger partial charge in [0.1, 0.15) is 0 Å². The number of rotatable bonds is 8. The highest BCUT2D eigenvalue weighted by molar-refractivity contribution is 5.78. The monoisotopic (exact) mass is 333 g/mol. The summed E-state index contributed by atoms with van der Waals surface area (Å²) in [5.41, 5.74) is 1.26. The van der Waals surface area contributed by atoms with Gasteiger partial charge in [0.2, 0.25) is 5.91 Å². The molecule has 2 atom stereocenters. The number of para-hydroxylation sites is 1. The number of aliphatic hydroxyl groups excluding tert-OH is 1. The summed E-state index contributed by atoms with van der Waals surface area (Å²) in [7, 11) is 0. The van der Waals surface area contributed by atoms with Crippen molar-refractivity contribution in [2.24, 2.45) is 5.92 Å². The molecule has 1 heterocycles. The molecule has 5 heteroatoms. The number of carbonyl (C=O) groups excluding carboxylic acids is 1. The van der Waals surface area contributed by atoms with E-state index in [0.29, 0.717) is 19.0 Å². The molecule has 2 unspecified atom stereocenters. The maximum absolute atomic E-state index is 12.2. The minimum atomic E-state index is -0.422. The maximum atomic E-state index is 12.2. The molecule has 2 rings (SSSR count). The normalized spacial score (nSPS) is 19.1. The highest BCUT2D eigenvalue weighted by Crippen LogP contribution is 2.22. The molecule has 0 aliphatic carbocycles. The topological polar surface area (TPSA) is 55.8 Å². The Hall–Kier alpha value is -1.59. The Balaban J connectivity index is 1.74. The summed E-state index contributed by atoms with van der Waals surface area (Å²) < 4.78 is 0. The van der Waals surface area contributed by atoms with E-state index in [9.17, 15) is 9.90 Å². The largest absolute Gasteiger partial charge is 0.392 e. The van der Waals surface area contributed by atoms with Crippen LogP contribution in [0.5, 0.6) is 0 Å². The molecule has 134 valence electrons. The van der Waals surface area contributed by atoms with Gasteiger partial charge in [-0.2, -0.15) is 0 Å². The molecule has 5 nitrogen and oxygen atoms in total. The van der Waals surface area contributed by atoms with Crippen molar-refractivity contribution in [2.75, 3.05) is 37.6 Å². The smallest absolute Gasteiger partial charge is 0.234 e. The summed E-state index contributed by atoms with van der Waals surface area (Å²) in [6, 6.07) is 10.7. The van der Waals surface area contributed by atoms with Crippen molar-refractivity contribution in [3.63, 3.8) is 0 Å². The van der Waals surface area contributed by atoms with E-state index < -0.39 is 6.10 Å². The molecular formula is C19H31N3O2. The Morgan fingerprint density at radius 3 is 2.67 bits per heavy atom. The number of nitrogens with zero attached hydrogens (tertiary/aromatic N) is 2. The van der Waals surface area contributed by atoms with E-state index in [1.807, 2.05) is 24.8 Å². The molecule has 0 radical (unpaired) electrons. The van der Waals surface area contributed by atoms with Crippen LogP contribution in [-0.4, -0.2) is 60.8 Å². The lowest BCUT2D eigenvalue weighted by Gasteiger charge is -2.27. The predicted molar refractivity (Wildman–Crippen MR) is 98.2 cm³/mol. The fourth-order valence-electron chi connectivity index (χ4n) is 3.17. The zero-order chi connectivity index (χ0) is 17.5. The highest BCUT2D eigenvalue weighted by Gasteiger charge is 2.23. The molecule has 24 heavy (non-hydrogen) atoms. The standard InChI is InChI=1S/C19H31N3O2/c1-15(2)22(12-16(3)23)14-19(24)20-11-17-9-10-21(13-17)18-7-5-4-6-8-18/h4-8,15-17,23H,9-14H2,1-3H3,(H,20,24). The van der Waals surface area contributed by atoms with Crippen LogP contribution in [0.15, 0.2) is 30.3 Å². The first kappa shape index (κ1) is 18.7. The van der Waals surface area contributed by atoms with Gasteiger partial charge >= 0.3 is 0 Å². The average Bonchev–Trinajstić information content (AvgIpc) is 3.01. The Kier molecular flexibility index (Phi) is 7.06. The van der Waals surface area contributed by atoms with Crippen LogP contribution < -0.4 is 10.2 Å². The third kappa shape index (κ3) is 5.80. The van der Waals surface area contributed by atoms with Gasteiger partial charge in [0, 0.05) is 37.9 Å². The van der Waals surface area contributed by atoms with Gasteiger partial charge in [0.05, 0.1) is 12.6 Å². The van der Waals surface area contributed by atoms with Crippen molar-refractivity contribution < 1.29 is 9.90 Å². The number of carbonyl (C=O) groups is 1. The summed E-state index contributed by atoms with van der Waals surface area (Å²) in [6.07, 6.45) is 0.686. The van der Waals surface area contributed by atoms with Crippen LogP contribution in [0, 0.1) is 5.92 Å². The van der Waals surface area contributed by atoms with Crippen molar-refractivity contribution in [3.05, 3.63) is 30.3 Å². The lowest BCUT2D eigenvalue weighted by molar-refractivity contribution is -0.123. The molecule has 0 spiro atoms. The molecule has 2 N–H and O–H groups in total. The first-order valence-corrected chi connectivity index (χ1v) is 8.94. The Morgan fingerprint density at radius 2 is 2.04 bits per heavy atom. The fraction of sp³-hybridized carbons (Fsp3) is 0.632. The molecule has 0 bridgehead atoms. The molecule has 1 amide bonds. The molecule has 1 saturated heterocycles. The summed E-state index contributed by atoms with van der Waals surface area (Å²) in [4.78, 5) is 16.6. The minimum absolute atomic E-state index is 0.0440. The Labute approximate surface area is 145 Å². The fourth-order valence-corrected chi connectivity index (χ4v) is 3.17. The number of benzene rings is 1. The number of amides is 1. The lowest BCUT2D eigenvalue weighted by Crippen LogP contribution is -2.44. The molecular weight excluding hydrogens is 302 g/mol. The quantitative estimate of drug-likeness (QED) is 0.761. The van der Waals surface area contributed by atoms with Crippen LogP contribution >= 0.6 is 0 Å². The summed E-state index contributed by atoms with van der Waals surface area (Å²) in [6.45, 7) is 9.48. The Bertz CT molecular complexity index is 505. The summed E-state index contributed by atoms with van der Waals surface area (Å²) >= 11 is 0. The van der Waals surface area contributed by atoms with Gasteiger partial charge in [-0.25, -0.2) is 0 Å². The number of nitrogens with one attached hydrogen (secondary N) is 1. The van der Waals surface area contributed by atoms with Gasteiger partial charge in [-0.1, -0.05) is 18.2 Å². The second-order valence-corrected chi connectivity index (χ2v) is 7.11. The summed E-state index contributed by atoms with van der Waals surface area (Å²) in [5.74, 6) is 0.543.